The Labute approximate surface area is 115 Å². The predicted molar refractivity (Wildman–Crippen MR) is 74.8 cm³/mol. The summed E-state index contributed by atoms with van der Waals surface area (Å²) in [5.74, 6) is 2.39. The summed E-state index contributed by atoms with van der Waals surface area (Å²) in [5.41, 5.74) is 7.15. The van der Waals surface area contributed by atoms with Crippen LogP contribution in [0.5, 0.6) is 5.75 Å². The van der Waals surface area contributed by atoms with Crippen LogP contribution in [0.15, 0.2) is 39.2 Å². The van der Waals surface area contributed by atoms with Crippen LogP contribution in [-0.2, 0) is 0 Å². The number of hydrogen-bond acceptors (Lipinski definition) is 3. The Bertz CT molecular complexity index is 536. The second-order valence-electron chi connectivity index (χ2n) is 4.04. The lowest BCUT2D eigenvalue weighted by atomic mass is 10.0. The van der Waals surface area contributed by atoms with E-state index >= 15 is 0 Å². The zero-order chi connectivity index (χ0) is 13.1. The normalized spacial score (nSPS) is 12.4. The van der Waals surface area contributed by atoms with E-state index in [9.17, 15) is 0 Å². The lowest BCUT2D eigenvalue weighted by Crippen LogP contribution is -2.13. The summed E-state index contributed by atoms with van der Waals surface area (Å²) < 4.78 is 12.1. The first-order valence-electron chi connectivity index (χ1n) is 5.86. The Kier molecular flexibility index (Phi) is 4.09. The van der Waals surface area contributed by atoms with Gasteiger partial charge in [-0.1, -0.05) is 15.9 Å². The molecule has 2 N–H and O–H groups in total. The van der Waals surface area contributed by atoms with Crippen molar-refractivity contribution in [2.75, 3.05) is 6.61 Å². The van der Waals surface area contributed by atoms with Crippen LogP contribution in [0.1, 0.15) is 30.0 Å². The van der Waals surface area contributed by atoms with Crippen LogP contribution in [-0.4, -0.2) is 6.61 Å². The number of hydrogen-bond donors (Lipinski definition) is 1. The van der Waals surface area contributed by atoms with Crippen molar-refractivity contribution in [3.63, 3.8) is 0 Å². The van der Waals surface area contributed by atoms with Crippen molar-refractivity contribution in [3.8, 4) is 5.75 Å². The van der Waals surface area contributed by atoms with E-state index in [2.05, 4.69) is 15.9 Å². The number of aryl methyl sites for hydroxylation is 1. The van der Waals surface area contributed by atoms with E-state index in [4.69, 9.17) is 14.9 Å². The van der Waals surface area contributed by atoms with Crippen LogP contribution >= 0.6 is 15.9 Å². The highest BCUT2D eigenvalue weighted by Gasteiger charge is 2.17. The fourth-order valence-electron chi connectivity index (χ4n) is 1.82. The summed E-state index contributed by atoms with van der Waals surface area (Å²) in [4.78, 5) is 0. The molecule has 2 aromatic rings. The maximum atomic E-state index is 6.24. The zero-order valence-electron chi connectivity index (χ0n) is 10.4. The van der Waals surface area contributed by atoms with Crippen molar-refractivity contribution < 1.29 is 9.15 Å². The van der Waals surface area contributed by atoms with Crippen molar-refractivity contribution in [3.05, 3.63) is 51.9 Å². The van der Waals surface area contributed by atoms with Crippen LogP contribution in [0, 0.1) is 6.92 Å². The minimum absolute atomic E-state index is 0.322. The maximum Gasteiger partial charge on any atom is 0.125 e. The average Bonchev–Trinajstić information content (AvgIpc) is 2.77. The van der Waals surface area contributed by atoms with Crippen LogP contribution in [0.25, 0.3) is 0 Å². The Morgan fingerprint density at radius 2 is 2.11 bits per heavy atom. The number of furan rings is 1. The van der Waals surface area contributed by atoms with E-state index in [1.165, 1.54) is 0 Å². The van der Waals surface area contributed by atoms with Crippen LogP contribution in [0.2, 0.25) is 0 Å². The highest BCUT2D eigenvalue weighted by molar-refractivity contribution is 9.10. The van der Waals surface area contributed by atoms with Gasteiger partial charge in [0.25, 0.3) is 0 Å². The second-order valence-corrected chi connectivity index (χ2v) is 4.96. The van der Waals surface area contributed by atoms with Gasteiger partial charge in [-0.3, -0.25) is 0 Å². The molecule has 0 aliphatic heterocycles. The number of ether oxygens (including phenoxy) is 1. The maximum absolute atomic E-state index is 6.24. The van der Waals surface area contributed by atoms with Crippen LogP contribution < -0.4 is 10.5 Å². The summed E-state index contributed by atoms with van der Waals surface area (Å²) in [6.07, 6.45) is 0. The third-order valence-electron chi connectivity index (χ3n) is 2.67. The van der Waals surface area contributed by atoms with Crippen molar-refractivity contribution in [1.82, 2.24) is 0 Å². The van der Waals surface area contributed by atoms with Crippen LogP contribution in [0.4, 0.5) is 0 Å². The molecule has 0 fully saturated rings. The van der Waals surface area contributed by atoms with Gasteiger partial charge in [0.2, 0.25) is 0 Å². The predicted octanol–water partition coefficient (Wildman–Crippen LogP) is 3.80. The van der Waals surface area contributed by atoms with E-state index < -0.39 is 0 Å². The minimum Gasteiger partial charge on any atom is -0.494 e. The molecule has 1 heterocycles. The second kappa shape index (κ2) is 5.59. The van der Waals surface area contributed by atoms with Crippen LogP contribution in [0.3, 0.4) is 0 Å². The quantitative estimate of drug-likeness (QED) is 0.934. The molecular weight excluding hydrogens is 294 g/mol. The Morgan fingerprint density at radius 3 is 2.72 bits per heavy atom. The SMILES string of the molecule is CCOc1ccc(Br)cc1C(N)c1ccc(C)o1. The Balaban J connectivity index is 2.39. The number of rotatable bonds is 4. The molecule has 0 saturated carbocycles. The molecule has 0 spiro atoms. The molecule has 0 aliphatic carbocycles. The summed E-state index contributed by atoms with van der Waals surface area (Å²) in [6.45, 7) is 4.47. The monoisotopic (exact) mass is 309 g/mol. The molecule has 2 rings (SSSR count). The van der Waals surface area contributed by atoms with Gasteiger partial charge >= 0.3 is 0 Å². The van der Waals surface area contributed by atoms with E-state index in [1.54, 1.807) is 0 Å². The van der Waals surface area contributed by atoms with E-state index in [1.807, 2.05) is 44.2 Å². The van der Waals surface area contributed by atoms with Crippen molar-refractivity contribution >= 4 is 15.9 Å². The third kappa shape index (κ3) is 2.76. The highest BCUT2D eigenvalue weighted by Crippen LogP contribution is 2.31. The topological polar surface area (TPSA) is 48.4 Å². The van der Waals surface area contributed by atoms with Gasteiger partial charge in [0.15, 0.2) is 0 Å². The first-order valence-corrected chi connectivity index (χ1v) is 6.65. The molecule has 1 aromatic carbocycles. The molecule has 0 saturated heterocycles. The van der Waals surface area contributed by atoms with Gasteiger partial charge in [-0.05, 0) is 44.2 Å². The molecular formula is C14H16BrNO2. The summed E-state index contributed by atoms with van der Waals surface area (Å²) in [7, 11) is 0. The molecule has 1 aromatic heterocycles. The average molecular weight is 310 g/mol. The van der Waals surface area contributed by atoms with E-state index in [0.717, 1.165) is 27.3 Å². The molecule has 3 nitrogen and oxygen atoms in total. The minimum atomic E-state index is -0.322. The van der Waals surface area contributed by atoms with Gasteiger partial charge in [-0.2, -0.15) is 0 Å². The third-order valence-corrected chi connectivity index (χ3v) is 3.17. The lowest BCUT2D eigenvalue weighted by molar-refractivity contribution is 0.333. The summed E-state index contributed by atoms with van der Waals surface area (Å²) >= 11 is 3.45. The molecule has 18 heavy (non-hydrogen) atoms. The first kappa shape index (κ1) is 13.2. The molecule has 0 bridgehead atoms. The largest absolute Gasteiger partial charge is 0.494 e. The van der Waals surface area contributed by atoms with Crippen molar-refractivity contribution in [2.45, 2.75) is 19.9 Å². The van der Waals surface area contributed by atoms with Gasteiger partial charge in [0.05, 0.1) is 12.6 Å². The number of benzene rings is 1. The Hall–Kier alpha value is -1.26. The van der Waals surface area contributed by atoms with Crippen molar-refractivity contribution in [1.29, 1.82) is 0 Å². The fraction of sp³-hybridized carbons (Fsp3) is 0.286. The van der Waals surface area contributed by atoms with Gasteiger partial charge in [-0.25, -0.2) is 0 Å². The number of halogens is 1. The zero-order valence-corrected chi connectivity index (χ0v) is 12.0. The van der Waals surface area contributed by atoms with E-state index in [0.29, 0.717) is 6.61 Å². The summed E-state index contributed by atoms with van der Waals surface area (Å²) in [5, 5.41) is 0. The number of nitrogens with two attached hydrogens (primary N) is 1. The first-order chi connectivity index (χ1) is 8.61. The molecule has 0 amide bonds. The standard InChI is InChI=1S/C14H16BrNO2/c1-3-17-12-7-5-10(15)8-11(12)14(16)13-6-4-9(2)18-13/h4-8,14H,3,16H2,1-2H3. The Morgan fingerprint density at radius 1 is 1.33 bits per heavy atom. The molecule has 96 valence electrons. The van der Waals surface area contributed by atoms with Gasteiger partial charge in [-0.15, -0.1) is 0 Å². The lowest BCUT2D eigenvalue weighted by Gasteiger charge is -2.15. The van der Waals surface area contributed by atoms with Gasteiger partial charge in [0, 0.05) is 10.0 Å². The van der Waals surface area contributed by atoms with E-state index in [-0.39, 0.29) is 6.04 Å². The molecule has 1 atom stereocenters. The molecule has 0 radical (unpaired) electrons. The fourth-order valence-corrected chi connectivity index (χ4v) is 2.20. The molecule has 0 aliphatic rings. The molecule has 4 heteroatoms. The van der Waals surface area contributed by atoms with Crippen molar-refractivity contribution in [2.24, 2.45) is 5.73 Å². The highest BCUT2D eigenvalue weighted by atomic mass is 79.9. The smallest absolute Gasteiger partial charge is 0.125 e. The van der Waals surface area contributed by atoms with Gasteiger partial charge < -0.3 is 14.9 Å². The summed E-state index contributed by atoms with van der Waals surface area (Å²) in [6, 6.07) is 9.31. The molecule has 1 unspecified atom stereocenters. The van der Waals surface area contributed by atoms with Gasteiger partial charge in [0.1, 0.15) is 17.3 Å².